The summed E-state index contributed by atoms with van der Waals surface area (Å²) in [7, 11) is 3.71. The summed E-state index contributed by atoms with van der Waals surface area (Å²) < 4.78 is 11.5. The van der Waals surface area contributed by atoms with Gasteiger partial charge in [0.15, 0.2) is 0 Å². The first-order valence-electron chi connectivity index (χ1n) is 9.41. The Labute approximate surface area is 173 Å². The van der Waals surface area contributed by atoms with Crippen LogP contribution in [-0.4, -0.2) is 43.8 Å². The van der Waals surface area contributed by atoms with Gasteiger partial charge in [0.2, 0.25) is 10.5 Å². The minimum atomic E-state index is -0.0832. The molecule has 150 valence electrons. The number of rotatable bonds is 6. The molecule has 0 aliphatic rings. The molecule has 8 heteroatoms. The number of aromatic nitrogens is 4. The van der Waals surface area contributed by atoms with Crippen molar-refractivity contribution < 1.29 is 4.74 Å². The van der Waals surface area contributed by atoms with E-state index in [2.05, 4.69) is 10.00 Å². The maximum atomic E-state index is 12.6. The largest absolute Gasteiger partial charge is 0.492 e. The lowest BCUT2D eigenvalue weighted by Gasteiger charge is -2.16. The zero-order valence-electron chi connectivity index (χ0n) is 16.7. The van der Waals surface area contributed by atoms with Gasteiger partial charge >= 0.3 is 0 Å². The topological polar surface area (TPSA) is 56.7 Å². The molecule has 0 aliphatic heterocycles. The summed E-state index contributed by atoms with van der Waals surface area (Å²) in [5.41, 5.74) is 1.86. The van der Waals surface area contributed by atoms with Crippen LogP contribution >= 0.6 is 12.2 Å². The third kappa shape index (κ3) is 3.68. The minimum absolute atomic E-state index is 0.0832. The number of nitrogens with zero attached hydrogens (tertiary/aromatic N) is 5. The maximum Gasteiger partial charge on any atom is 0.262 e. The van der Waals surface area contributed by atoms with Crippen molar-refractivity contribution >= 4 is 28.9 Å². The molecular formula is C21H23N5O2S. The fourth-order valence-electron chi connectivity index (χ4n) is 3.36. The van der Waals surface area contributed by atoms with E-state index in [-0.39, 0.29) is 5.56 Å². The van der Waals surface area contributed by atoms with Gasteiger partial charge < -0.3 is 4.74 Å². The minimum Gasteiger partial charge on any atom is -0.492 e. The SMILES string of the molecule is Cc1cccc(OCCN(C)Cn2nc3n(C)c(=O)c4ccccc4n3c2=S)c1. The number of para-hydroxylation sites is 1. The van der Waals surface area contributed by atoms with Crippen LogP contribution in [0, 0.1) is 11.7 Å². The summed E-state index contributed by atoms with van der Waals surface area (Å²) in [6.07, 6.45) is 0. The first-order valence-corrected chi connectivity index (χ1v) is 9.82. The predicted octanol–water partition coefficient (Wildman–Crippen LogP) is 2.99. The Morgan fingerprint density at radius 2 is 1.97 bits per heavy atom. The van der Waals surface area contributed by atoms with Crippen LogP contribution < -0.4 is 10.3 Å². The highest BCUT2D eigenvalue weighted by molar-refractivity contribution is 7.71. The molecule has 0 saturated heterocycles. The Hall–Kier alpha value is -2.97. The van der Waals surface area contributed by atoms with Crippen molar-refractivity contribution in [1.29, 1.82) is 0 Å². The third-order valence-corrected chi connectivity index (χ3v) is 5.30. The van der Waals surface area contributed by atoms with Gasteiger partial charge in [0.05, 0.1) is 17.6 Å². The van der Waals surface area contributed by atoms with Crippen molar-refractivity contribution in [3.63, 3.8) is 0 Å². The standard InChI is InChI=1S/C21H23N5O2S/c1-15-7-6-8-16(13-15)28-12-11-23(2)14-25-21(29)26-18-10-5-4-9-17(18)19(27)24(3)20(26)22-25/h4-10,13H,11-12,14H2,1-3H3. The normalized spacial score (nSPS) is 11.6. The quantitative estimate of drug-likeness (QED) is 0.458. The molecule has 0 amide bonds. The van der Waals surface area contributed by atoms with Crippen molar-refractivity contribution in [2.24, 2.45) is 7.05 Å². The summed E-state index contributed by atoms with van der Waals surface area (Å²) in [6, 6.07) is 15.5. The lowest BCUT2D eigenvalue weighted by molar-refractivity contribution is 0.198. The lowest BCUT2D eigenvalue weighted by atomic mass is 10.2. The third-order valence-electron chi connectivity index (χ3n) is 4.91. The van der Waals surface area contributed by atoms with E-state index in [1.54, 1.807) is 11.7 Å². The van der Waals surface area contributed by atoms with Crippen LogP contribution in [0.1, 0.15) is 5.56 Å². The van der Waals surface area contributed by atoms with E-state index in [0.29, 0.717) is 35.8 Å². The second-order valence-corrected chi connectivity index (χ2v) is 7.55. The van der Waals surface area contributed by atoms with E-state index in [9.17, 15) is 4.79 Å². The lowest BCUT2D eigenvalue weighted by Crippen LogP contribution is -2.27. The van der Waals surface area contributed by atoms with Crippen LogP contribution in [0.5, 0.6) is 5.75 Å². The summed E-state index contributed by atoms with van der Waals surface area (Å²) in [5.74, 6) is 1.40. The molecule has 0 fully saturated rings. The maximum absolute atomic E-state index is 12.6. The van der Waals surface area contributed by atoms with Crippen molar-refractivity contribution in [3.8, 4) is 5.75 Å². The summed E-state index contributed by atoms with van der Waals surface area (Å²) in [5, 5.41) is 5.22. The molecule has 0 saturated carbocycles. The number of benzene rings is 2. The van der Waals surface area contributed by atoms with Crippen molar-refractivity contribution in [3.05, 3.63) is 69.2 Å². The van der Waals surface area contributed by atoms with Crippen LogP contribution in [0.15, 0.2) is 53.3 Å². The molecule has 4 rings (SSSR count). The average Bonchev–Trinajstić information content (AvgIpc) is 3.02. The van der Waals surface area contributed by atoms with Gasteiger partial charge in [0.25, 0.3) is 5.56 Å². The van der Waals surface area contributed by atoms with Crippen molar-refractivity contribution in [1.82, 2.24) is 23.6 Å². The van der Waals surface area contributed by atoms with Crippen molar-refractivity contribution in [2.75, 3.05) is 20.2 Å². The van der Waals surface area contributed by atoms with Gasteiger partial charge in [-0.15, -0.1) is 5.10 Å². The molecule has 29 heavy (non-hydrogen) atoms. The average molecular weight is 410 g/mol. The van der Waals surface area contributed by atoms with Crippen LogP contribution in [0.25, 0.3) is 16.7 Å². The highest BCUT2D eigenvalue weighted by atomic mass is 32.1. The number of aryl methyl sites for hydroxylation is 2. The number of likely N-dealkylation sites (N-methyl/N-ethyl adjacent to an activating group) is 1. The van der Waals surface area contributed by atoms with Gasteiger partial charge in [-0.2, -0.15) is 0 Å². The van der Waals surface area contributed by atoms with E-state index in [1.165, 1.54) is 10.1 Å². The molecule has 2 heterocycles. The Kier molecular flexibility index (Phi) is 5.21. The summed E-state index contributed by atoms with van der Waals surface area (Å²) in [4.78, 5) is 14.7. The molecule has 2 aromatic carbocycles. The molecule has 0 spiro atoms. The molecule has 0 aliphatic carbocycles. The Bertz CT molecular complexity index is 1300. The smallest absolute Gasteiger partial charge is 0.262 e. The van der Waals surface area contributed by atoms with Crippen LogP contribution in [-0.2, 0) is 13.7 Å². The Balaban J connectivity index is 1.56. The van der Waals surface area contributed by atoms with Gasteiger partial charge in [-0.3, -0.25) is 18.7 Å². The number of hydrogen-bond donors (Lipinski definition) is 0. The van der Waals surface area contributed by atoms with Gasteiger partial charge in [0.1, 0.15) is 12.4 Å². The second kappa shape index (κ2) is 7.81. The highest BCUT2D eigenvalue weighted by Gasteiger charge is 2.14. The highest BCUT2D eigenvalue weighted by Crippen LogP contribution is 2.14. The molecule has 7 nitrogen and oxygen atoms in total. The van der Waals surface area contributed by atoms with E-state index >= 15 is 0 Å². The number of ether oxygens (including phenoxy) is 1. The van der Waals surface area contributed by atoms with Gasteiger partial charge in [0, 0.05) is 13.6 Å². The summed E-state index contributed by atoms with van der Waals surface area (Å²) in [6.45, 7) is 3.81. The molecule has 0 N–H and O–H groups in total. The first kappa shape index (κ1) is 19.4. The molecule has 0 radical (unpaired) electrons. The Morgan fingerprint density at radius 3 is 2.76 bits per heavy atom. The van der Waals surface area contributed by atoms with E-state index in [4.69, 9.17) is 17.0 Å². The zero-order valence-corrected chi connectivity index (χ0v) is 17.5. The van der Waals surface area contributed by atoms with E-state index < -0.39 is 0 Å². The fourth-order valence-corrected chi connectivity index (χ4v) is 3.64. The molecule has 2 aromatic heterocycles. The van der Waals surface area contributed by atoms with E-state index in [1.807, 2.05) is 66.9 Å². The van der Waals surface area contributed by atoms with Gasteiger partial charge in [-0.1, -0.05) is 24.3 Å². The van der Waals surface area contributed by atoms with Crippen LogP contribution in [0.4, 0.5) is 0 Å². The zero-order chi connectivity index (χ0) is 20.5. The molecule has 4 aromatic rings. The monoisotopic (exact) mass is 409 g/mol. The van der Waals surface area contributed by atoms with Crippen molar-refractivity contribution in [2.45, 2.75) is 13.6 Å². The number of fused-ring (bicyclic) bond motifs is 3. The first-order chi connectivity index (χ1) is 14.0. The fraction of sp³-hybridized carbons (Fsp3) is 0.286. The molecular weight excluding hydrogens is 386 g/mol. The number of hydrogen-bond acceptors (Lipinski definition) is 5. The molecule has 0 atom stereocenters. The Morgan fingerprint density at radius 1 is 1.17 bits per heavy atom. The molecule has 0 bridgehead atoms. The predicted molar refractivity (Wildman–Crippen MR) is 116 cm³/mol. The van der Waals surface area contributed by atoms with Gasteiger partial charge in [-0.05, 0) is 56.0 Å². The van der Waals surface area contributed by atoms with E-state index in [0.717, 1.165) is 11.3 Å². The van der Waals surface area contributed by atoms with Gasteiger partial charge in [-0.25, -0.2) is 4.68 Å². The van der Waals surface area contributed by atoms with Crippen LogP contribution in [0.3, 0.4) is 0 Å². The van der Waals surface area contributed by atoms with Crippen LogP contribution in [0.2, 0.25) is 0 Å². The second-order valence-electron chi connectivity index (χ2n) is 7.18. The summed E-state index contributed by atoms with van der Waals surface area (Å²) >= 11 is 5.67. The molecule has 0 unspecified atom stereocenters.